The highest BCUT2D eigenvalue weighted by Gasteiger charge is 2.31. The number of hydrogen-bond donors (Lipinski definition) is 0. The van der Waals surface area contributed by atoms with Crippen LogP contribution in [0.2, 0.25) is 5.02 Å². The van der Waals surface area contributed by atoms with Crippen LogP contribution in [0.4, 0.5) is 0 Å². The van der Waals surface area contributed by atoms with Gasteiger partial charge in [0.15, 0.2) is 5.69 Å². The Morgan fingerprint density at radius 1 is 1.25 bits per heavy atom. The van der Waals surface area contributed by atoms with Gasteiger partial charge < -0.3 is 9.64 Å². The van der Waals surface area contributed by atoms with Crippen LogP contribution >= 0.6 is 22.9 Å². The first-order valence-electron chi connectivity index (χ1n) is 8.95. The molecule has 0 aliphatic carbocycles. The molecule has 1 aliphatic heterocycles. The number of benzene rings is 1. The van der Waals surface area contributed by atoms with Gasteiger partial charge in [0, 0.05) is 23.6 Å². The first-order chi connectivity index (χ1) is 13.6. The van der Waals surface area contributed by atoms with Crippen molar-refractivity contribution in [2.45, 2.75) is 19.9 Å². The SMILES string of the molecule is CCOC(=O)c1nn(-c2ccc(Cl)cc2)c2c1CN(C(=O)c1cccs1)CC2. The molecule has 8 heteroatoms. The number of esters is 1. The van der Waals surface area contributed by atoms with Crippen molar-refractivity contribution in [1.29, 1.82) is 0 Å². The molecule has 0 saturated heterocycles. The van der Waals surface area contributed by atoms with Crippen molar-refractivity contribution < 1.29 is 14.3 Å². The first-order valence-corrected chi connectivity index (χ1v) is 10.2. The number of carbonyl (C=O) groups is 2. The van der Waals surface area contributed by atoms with Gasteiger partial charge in [-0.3, -0.25) is 4.79 Å². The van der Waals surface area contributed by atoms with Gasteiger partial charge in [-0.25, -0.2) is 9.48 Å². The van der Waals surface area contributed by atoms with Gasteiger partial charge in [-0.05, 0) is 42.6 Å². The molecule has 3 heterocycles. The molecule has 4 rings (SSSR count). The van der Waals surface area contributed by atoms with Crippen LogP contribution in [0.15, 0.2) is 41.8 Å². The van der Waals surface area contributed by atoms with E-state index in [1.165, 1.54) is 11.3 Å². The maximum atomic E-state index is 12.8. The average Bonchev–Trinajstić information content (AvgIpc) is 3.36. The van der Waals surface area contributed by atoms with E-state index in [1.807, 2.05) is 29.6 Å². The summed E-state index contributed by atoms with van der Waals surface area (Å²) >= 11 is 7.41. The topological polar surface area (TPSA) is 64.4 Å². The van der Waals surface area contributed by atoms with Crippen LogP contribution in [0.3, 0.4) is 0 Å². The van der Waals surface area contributed by atoms with E-state index in [0.717, 1.165) is 16.9 Å². The number of ether oxygens (including phenoxy) is 1. The molecular weight excluding hydrogens is 398 g/mol. The molecule has 1 aromatic carbocycles. The highest BCUT2D eigenvalue weighted by molar-refractivity contribution is 7.12. The second-order valence-electron chi connectivity index (χ2n) is 6.34. The van der Waals surface area contributed by atoms with Crippen LogP contribution in [-0.2, 0) is 17.7 Å². The normalized spacial score (nSPS) is 13.3. The third-order valence-corrected chi connectivity index (χ3v) is 5.73. The van der Waals surface area contributed by atoms with E-state index in [4.69, 9.17) is 16.3 Å². The van der Waals surface area contributed by atoms with Crippen molar-refractivity contribution >= 4 is 34.8 Å². The fourth-order valence-electron chi connectivity index (χ4n) is 3.31. The molecule has 6 nitrogen and oxygen atoms in total. The lowest BCUT2D eigenvalue weighted by molar-refractivity contribution is 0.0513. The summed E-state index contributed by atoms with van der Waals surface area (Å²) in [6.45, 7) is 2.91. The summed E-state index contributed by atoms with van der Waals surface area (Å²) in [6.07, 6.45) is 0.599. The lowest BCUT2D eigenvalue weighted by Gasteiger charge is -2.27. The zero-order chi connectivity index (χ0) is 19.7. The van der Waals surface area contributed by atoms with Gasteiger partial charge in [0.2, 0.25) is 0 Å². The summed E-state index contributed by atoms with van der Waals surface area (Å²) < 4.78 is 6.95. The van der Waals surface area contributed by atoms with Crippen molar-refractivity contribution in [2.75, 3.05) is 13.2 Å². The molecule has 0 N–H and O–H groups in total. The minimum absolute atomic E-state index is 0.0327. The predicted molar refractivity (Wildman–Crippen MR) is 107 cm³/mol. The second-order valence-corrected chi connectivity index (χ2v) is 7.72. The standard InChI is InChI=1S/C20H18ClN3O3S/c1-2-27-20(26)18-15-12-23(19(25)17-4-3-11-28-17)10-9-16(15)24(22-18)14-7-5-13(21)6-8-14/h3-8,11H,2,9-10,12H2,1H3. The third-order valence-electron chi connectivity index (χ3n) is 4.62. The molecule has 0 bridgehead atoms. The Morgan fingerprint density at radius 3 is 2.71 bits per heavy atom. The van der Waals surface area contributed by atoms with Gasteiger partial charge in [-0.2, -0.15) is 5.10 Å². The van der Waals surface area contributed by atoms with Crippen LogP contribution in [-0.4, -0.2) is 39.7 Å². The van der Waals surface area contributed by atoms with Gasteiger partial charge in [-0.15, -0.1) is 11.3 Å². The number of carbonyl (C=O) groups excluding carboxylic acids is 2. The van der Waals surface area contributed by atoms with E-state index < -0.39 is 5.97 Å². The zero-order valence-corrected chi connectivity index (χ0v) is 16.8. The molecule has 2 aromatic heterocycles. The smallest absolute Gasteiger partial charge is 0.359 e. The summed E-state index contributed by atoms with van der Waals surface area (Å²) in [5, 5.41) is 7.04. The number of thiophene rings is 1. The first kappa shape index (κ1) is 18.7. The minimum Gasteiger partial charge on any atom is -0.461 e. The Hall–Kier alpha value is -2.64. The molecule has 3 aromatic rings. The van der Waals surface area contributed by atoms with Gasteiger partial charge >= 0.3 is 5.97 Å². The molecule has 28 heavy (non-hydrogen) atoms. The number of halogens is 1. The third kappa shape index (κ3) is 3.43. The molecular formula is C20H18ClN3O3S. The number of hydrogen-bond acceptors (Lipinski definition) is 5. The number of nitrogens with zero attached hydrogens (tertiary/aromatic N) is 3. The van der Waals surface area contributed by atoms with Crippen molar-refractivity contribution in [3.8, 4) is 5.69 Å². The van der Waals surface area contributed by atoms with E-state index in [2.05, 4.69) is 5.10 Å². The van der Waals surface area contributed by atoms with Crippen molar-refractivity contribution in [3.63, 3.8) is 0 Å². The molecule has 0 radical (unpaired) electrons. The molecule has 1 amide bonds. The number of fused-ring (bicyclic) bond motifs is 1. The van der Waals surface area contributed by atoms with Gasteiger partial charge in [0.05, 0.1) is 29.4 Å². The van der Waals surface area contributed by atoms with Gasteiger partial charge in [-0.1, -0.05) is 17.7 Å². The number of amides is 1. The maximum Gasteiger partial charge on any atom is 0.359 e. The van der Waals surface area contributed by atoms with Crippen LogP contribution < -0.4 is 0 Å². The summed E-state index contributed by atoms with van der Waals surface area (Å²) in [7, 11) is 0. The van der Waals surface area contributed by atoms with E-state index >= 15 is 0 Å². The largest absolute Gasteiger partial charge is 0.461 e. The van der Waals surface area contributed by atoms with Crippen LogP contribution in [0.5, 0.6) is 0 Å². The van der Waals surface area contributed by atoms with Crippen molar-refractivity contribution in [1.82, 2.24) is 14.7 Å². The number of rotatable bonds is 4. The van der Waals surface area contributed by atoms with Crippen LogP contribution in [0.25, 0.3) is 5.69 Å². The second kappa shape index (κ2) is 7.77. The lowest BCUT2D eigenvalue weighted by Crippen LogP contribution is -2.36. The molecule has 0 unspecified atom stereocenters. The quantitative estimate of drug-likeness (QED) is 0.605. The minimum atomic E-state index is -0.475. The maximum absolute atomic E-state index is 12.8. The Kier molecular flexibility index (Phi) is 5.19. The van der Waals surface area contributed by atoms with E-state index in [1.54, 1.807) is 28.6 Å². The van der Waals surface area contributed by atoms with Crippen molar-refractivity contribution in [2.24, 2.45) is 0 Å². The van der Waals surface area contributed by atoms with E-state index in [-0.39, 0.29) is 18.2 Å². The fourth-order valence-corrected chi connectivity index (χ4v) is 4.12. The summed E-state index contributed by atoms with van der Waals surface area (Å²) in [6, 6.07) is 10.9. The zero-order valence-electron chi connectivity index (χ0n) is 15.2. The van der Waals surface area contributed by atoms with Crippen molar-refractivity contribution in [3.05, 3.63) is 68.6 Å². The summed E-state index contributed by atoms with van der Waals surface area (Å²) in [5.41, 5.74) is 2.73. The van der Waals surface area contributed by atoms with Crippen LogP contribution in [0, 0.1) is 0 Å². The monoisotopic (exact) mass is 415 g/mol. The Bertz CT molecular complexity index is 1010. The molecule has 0 atom stereocenters. The molecule has 0 fully saturated rings. The molecule has 144 valence electrons. The number of aromatic nitrogens is 2. The van der Waals surface area contributed by atoms with E-state index in [9.17, 15) is 9.59 Å². The summed E-state index contributed by atoms with van der Waals surface area (Å²) in [4.78, 5) is 27.7. The Morgan fingerprint density at radius 2 is 2.04 bits per heavy atom. The summed E-state index contributed by atoms with van der Waals surface area (Å²) in [5.74, 6) is -0.508. The average molecular weight is 416 g/mol. The Labute approximate surface area is 171 Å². The lowest BCUT2D eigenvalue weighted by atomic mass is 10.0. The van der Waals surface area contributed by atoms with Gasteiger partial charge in [0.25, 0.3) is 5.91 Å². The van der Waals surface area contributed by atoms with Crippen LogP contribution in [0.1, 0.15) is 38.3 Å². The Balaban J connectivity index is 1.73. The molecule has 0 saturated carbocycles. The van der Waals surface area contributed by atoms with E-state index in [0.29, 0.717) is 29.4 Å². The molecule has 0 spiro atoms. The fraction of sp³-hybridized carbons (Fsp3) is 0.250. The highest BCUT2D eigenvalue weighted by atomic mass is 35.5. The van der Waals surface area contributed by atoms with Gasteiger partial charge in [0.1, 0.15) is 0 Å². The molecule has 1 aliphatic rings. The predicted octanol–water partition coefficient (Wildman–Crippen LogP) is 3.96. The highest BCUT2D eigenvalue weighted by Crippen LogP contribution is 2.28.